The molecule has 52 heavy (non-hydrogen) atoms. The van der Waals surface area contributed by atoms with Crippen molar-refractivity contribution >= 4 is 0 Å². The van der Waals surface area contributed by atoms with Crippen LogP contribution in [0.15, 0.2) is 182 Å². The number of nitriles is 1. The Balaban J connectivity index is 1.33. The molecule has 8 aromatic rings. The van der Waals surface area contributed by atoms with Crippen LogP contribution in [0.1, 0.15) is 27.8 Å². The first-order chi connectivity index (χ1) is 25.7. The van der Waals surface area contributed by atoms with Gasteiger partial charge in [-0.3, -0.25) is 0 Å². The maximum absolute atomic E-state index is 9.44. The molecule has 0 bridgehead atoms. The molecule has 2 heterocycles. The predicted molar refractivity (Wildman–Crippen MR) is 205 cm³/mol. The van der Waals surface area contributed by atoms with E-state index in [1.54, 1.807) is 12.1 Å². The number of hydrogen-bond donors (Lipinski definition) is 0. The first-order valence-corrected chi connectivity index (χ1v) is 17.2. The Labute approximate surface area is 302 Å². The highest BCUT2D eigenvalue weighted by atomic mass is 16.5. The van der Waals surface area contributed by atoms with Crippen molar-refractivity contribution in [1.29, 1.82) is 5.26 Å². The molecule has 0 saturated carbocycles. The normalized spacial score (nSPS) is 12.5. The molecule has 244 valence electrons. The number of fused-ring (bicyclic) bond motifs is 2. The van der Waals surface area contributed by atoms with Crippen LogP contribution in [0.25, 0.3) is 45.3 Å². The van der Waals surface area contributed by atoms with Crippen LogP contribution in [0.4, 0.5) is 0 Å². The summed E-state index contributed by atoms with van der Waals surface area (Å²) in [5.74, 6) is 3.25. The first-order valence-electron chi connectivity index (χ1n) is 17.2. The predicted octanol–water partition coefficient (Wildman–Crippen LogP) is 10.9. The quantitative estimate of drug-likeness (QED) is 0.177. The van der Waals surface area contributed by atoms with E-state index in [0.29, 0.717) is 23.0 Å². The summed E-state index contributed by atoms with van der Waals surface area (Å²) in [6, 6.07) is 63.8. The summed E-state index contributed by atoms with van der Waals surface area (Å²) in [7, 11) is 0. The topological polar surface area (TPSA) is 71.7 Å². The molecule has 0 saturated heterocycles. The maximum Gasteiger partial charge on any atom is 0.164 e. The lowest BCUT2D eigenvalue weighted by atomic mass is 9.62. The minimum Gasteiger partial charge on any atom is -0.457 e. The lowest BCUT2D eigenvalue weighted by Crippen LogP contribution is -2.34. The minimum absolute atomic E-state index is 0.526. The van der Waals surface area contributed by atoms with Crippen LogP contribution < -0.4 is 4.74 Å². The van der Waals surface area contributed by atoms with Gasteiger partial charge in [0.05, 0.1) is 17.0 Å². The molecule has 5 heteroatoms. The third-order valence-electron chi connectivity index (χ3n) is 9.72. The third kappa shape index (κ3) is 5.14. The molecule has 0 spiro atoms. The van der Waals surface area contributed by atoms with Crippen molar-refractivity contribution in [3.63, 3.8) is 0 Å². The zero-order valence-electron chi connectivity index (χ0n) is 28.0. The molecule has 0 fully saturated rings. The van der Waals surface area contributed by atoms with Gasteiger partial charge in [0, 0.05) is 27.8 Å². The molecule has 5 nitrogen and oxygen atoms in total. The van der Waals surface area contributed by atoms with Crippen molar-refractivity contribution in [1.82, 2.24) is 15.0 Å². The van der Waals surface area contributed by atoms with Gasteiger partial charge in [-0.1, -0.05) is 146 Å². The van der Waals surface area contributed by atoms with Crippen LogP contribution in [0, 0.1) is 11.3 Å². The summed E-state index contributed by atoms with van der Waals surface area (Å²) < 4.78 is 6.79. The number of benzene rings is 7. The van der Waals surface area contributed by atoms with Gasteiger partial charge in [-0.15, -0.1) is 0 Å². The van der Waals surface area contributed by atoms with E-state index in [1.807, 2.05) is 54.6 Å². The number of hydrogen-bond acceptors (Lipinski definition) is 5. The SMILES string of the molecule is N#Cc1ccc(-c2nc(-c3ccccc3)nc(-c3ccccc3-c3cccc4c3C(c3ccccc3)(c3ccccc3)c3ccccc3O4)n2)cc1. The summed E-state index contributed by atoms with van der Waals surface area (Å²) in [6.07, 6.45) is 0. The molecule has 9 rings (SSSR count). The van der Waals surface area contributed by atoms with Gasteiger partial charge in [-0.25, -0.2) is 15.0 Å². The highest BCUT2D eigenvalue weighted by molar-refractivity contribution is 5.88. The smallest absolute Gasteiger partial charge is 0.164 e. The van der Waals surface area contributed by atoms with E-state index >= 15 is 0 Å². The van der Waals surface area contributed by atoms with E-state index in [1.165, 1.54) is 0 Å². The second kappa shape index (κ2) is 12.9. The Bertz CT molecular complexity index is 2560. The van der Waals surface area contributed by atoms with Gasteiger partial charge in [0.15, 0.2) is 17.5 Å². The average molecular weight is 667 g/mol. The third-order valence-corrected chi connectivity index (χ3v) is 9.72. The van der Waals surface area contributed by atoms with Crippen molar-refractivity contribution < 1.29 is 4.74 Å². The average Bonchev–Trinajstić information content (AvgIpc) is 3.23. The number of aromatic nitrogens is 3. The van der Waals surface area contributed by atoms with E-state index in [4.69, 9.17) is 19.7 Å². The molecule has 0 aliphatic carbocycles. The monoisotopic (exact) mass is 666 g/mol. The van der Waals surface area contributed by atoms with E-state index in [-0.39, 0.29) is 0 Å². The van der Waals surface area contributed by atoms with E-state index in [0.717, 1.165) is 61.6 Å². The summed E-state index contributed by atoms with van der Waals surface area (Å²) in [5.41, 5.74) is 8.77. The Morgan fingerprint density at radius 2 is 0.923 bits per heavy atom. The summed E-state index contributed by atoms with van der Waals surface area (Å²) >= 11 is 0. The molecular formula is C47H30N4O. The number of nitrogens with zero attached hydrogens (tertiary/aromatic N) is 4. The Hall–Kier alpha value is -7.16. The Kier molecular flexibility index (Phi) is 7.68. The molecule has 1 aromatic heterocycles. The first kappa shape index (κ1) is 30.9. The highest BCUT2D eigenvalue weighted by Gasteiger charge is 2.47. The van der Waals surface area contributed by atoms with Crippen molar-refractivity contribution in [3.8, 4) is 62.9 Å². The summed E-state index contributed by atoms with van der Waals surface area (Å²) in [6.45, 7) is 0. The largest absolute Gasteiger partial charge is 0.457 e. The number of para-hydroxylation sites is 1. The highest BCUT2D eigenvalue weighted by Crippen LogP contribution is 2.58. The number of ether oxygens (including phenoxy) is 1. The molecule has 1 aliphatic rings. The van der Waals surface area contributed by atoms with Crippen LogP contribution in [-0.2, 0) is 5.41 Å². The Morgan fingerprint density at radius 3 is 1.58 bits per heavy atom. The van der Waals surface area contributed by atoms with Gasteiger partial charge >= 0.3 is 0 Å². The lowest BCUT2D eigenvalue weighted by Gasteiger charge is -2.42. The van der Waals surface area contributed by atoms with Crippen LogP contribution in [0.2, 0.25) is 0 Å². The van der Waals surface area contributed by atoms with Gasteiger partial charge in [0.1, 0.15) is 11.5 Å². The van der Waals surface area contributed by atoms with Crippen LogP contribution in [0.5, 0.6) is 11.5 Å². The minimum atomic E-state index is -0.710. The van der Waals surface area contributed by atoms with Gasteiger partial charge in [-0.2, -0.15) is 5.26 Å². The molecule has 1 aliphatic heterocycles. The molecule has 7 aromatic carbocycles. The van der Waals surface area contributed by atoms with Crippen molar-refractivity contribution in [3.05, 3.63) is 210 Å². The van der Waals surface area contributed by atoms with E-state index in [2.05, 4.69) is 121 Å². The fraction of sp³-hybridized carbons (Fsp3) is 0.0213. The van der Waals surface area contributed by atoms with Crippen LogP contribution in [-0.4, -0.2) is 15.0 Å². The van der Waals surface area contributed by atoms with E-state index < -0.39 is 5.41 Å². The zero-order chi connectivity index (χ0) is 34.9. The summed E-state index contributed by atoms with van der Waals surface area (Å²) in [5, 5.41) is 9.44. The molecule has 0 atom stereocenters. The Morgan fingerprint density at radius 1 is 0.423 bits per heavy atom. The van der Waals surface area contributed by atoms with Crippen molar-refractivity contribution in [2.24, 2.45) is 0 Å². The molecule has 0 radical (unpaired) electrons. The number of rotatable bonds is 6. The molecule has 0 N–H and O–H groups in total. The van der Waals surface area contributed by atoms with Crippen molar-refractivity contribution in [2.45, 2.75) is 5.41 Å². The van der Waals surface area contributed by atoms with Crippen LogP contribution >= 0.6 is 0 Å². The van der Waals surface area contributed by atoms with Crippen molar-refractivity contribution in [2.75, 3.05) is 0 Å². The molecular weight excluding hydrogens is 637 g/mol. The van der Waals surface area contributed by atoms with E-state index in [9.17, 15) is 5.26 Å². The standard InChI is InChI=1S/C47H30N4O/c48-31-32-27-29-34(30-28-32)45-49-44(33-15-4-1-5-16-33)50-46(51-45)39-22-11-10-21-37(39)38-23-14-26-42-43(38)47(35-17-6-2-7-18-35,36-19-8-3-9-20-36)40-24-12-13-25-41(40)52-42/h1-30H. The molecule has 0 amide bonds. The fourth-order valence-corrected chi connectivity index (χ4v) is 7.44. The second-order valence-corrected chi connectivity index (χ2v) is 12.7. The summed E-state index contributed by atoms with van der Waals surface area (Å²) in [4.78, 5) is 15.1. The lowest BCUT2D eigenvalue weighted by molar-refractivity contribution is 0.435. The maximum atomic E-state index is 9.44. The molecule has 0 unspecified atom stereocenters. The van der Waals surface area contributed by atoms with Gasteiger partial charge in [0.25, 0.3) is 0 Å². The van der Waals surface area contributed by atoms with Crippen LogP contribution in [0.3, 0.4) is 0 Å². The van der Waals surface area contributed by atoms with Gasteiger partial charge in [-0.05, 0) is 58.7 Å². The second-order valence-electron chi connectivity index (χ2n) is 12.7. The zero-order valence-corrected chi connectivity index (χ0v) is 28.0. The fourth-order valence-electron chi connectivity index (χ4n) is 7.44. The van der Waals surface area contributed by atoms with Gasteiger partial charge in [0.2, 0.25) is 0 Å². The van der Waals surface area contributed by atoms with Gasteiger partial charge < -0.3 is 4.74 Å².